The van der Waals surface area contributed by atoms with E-state index in [9.17, 15) is 9.59 Å². The van der Waals surface area contributed by atoms with Gasteiger partial charge in [-0.25, -0.2) is 4.68 Å². The van der Waals surface area contributed by atoms with Crippen molar-refractivity contribution < 1.29 is 4.79 Å². The molecule has 0 saturated carbocycles. The van der Waals surface area contributed by atoms with Crippen LogP contribution in [0.5, 0.6) is 0 Å². The fraction of sp³-hybridized carbons (Fsp3) is 0.200. The van der Waals surface area contributed by atoms with Gasteiger partial charge in [0.1, 0.15) is 12.1 Å². The van der Waals surface area contributed by atoms with E-state index < -0.39 is 0 Å². The number of carbonyl (C=O) groups is 1. The fourth-order valence-corrected chi connectivity index (χ4v) is 2.89. The van der Waals surface area contributed by atoms with Crippen LogP contribution in [0, 0.1) is 0 Å². The van der Waals surface area contributed by atoms with E-state index in [1.807, 2.05) is 24.4 Å². The SMILES string of the molecule is CC(NC(=O)Cn1nnc2ccccc2c1=O)c1cccs1. The van der Waals surface area contributed by atoms with Crippen LogP contribution in [0.3, 0.4) is 0 Å². The van der Waals surface area contributed by atoms with E-state index in [2.05, 4.69) is 15.6 Å². The second-order valence-corrected chi connectivity index (χ2v) is 5.85. The number of hydrogen-bond donors (Lipinski definition) is 1. The van der Waals surface area contributed by atoms with Crippen molar-refractivity contribution in [2.75, 3.05) is 0 Å². The maximum absolute atomic E-state index is 12.3. The molecule has 0 fully saturated rings. The molecule has 1 aromatic carbocycles. The van der Waals surface area contributed by atoms with Crippen LogP contribution in [0.15, 0.2) is 46.6 Å². The van der Waals surface area contributed by atoms with Crippen molar-refractivity contribution in [3.63, 3.8) is 0 Å². The van der Waals surface area contributed by atoms with Gasteiger partial charge < -0.3 is 5.32 Å². The van der Waals surface area contributed by atoms with Crippen LogP contribution in [0.25, 0.3) is 10.9 Å². The summed E-state index contributed by atoms with van der Waals surface area (Å²) < 4.78 is 1.08. The van der Waals surface area contributed by atoms with E-state index in [0.29, 0.717) is 10.9 Å². The third-order valence-electron chi connectivity index (χ3n) is 3.27. The first-order valence-electron chi connectivity index (χ1n) is 6.80. The lowest BCUT2D eigenvalue weighted by Crippen LogP contribution is -2.35. The van der Waals surface area contributed by atoms with E-state index in [-0.39, 0.29) is 24.1 Å². The van der Waals surface area contributed by atoms with Gasteiger partial charge in [0.25, 0.3) is 5.56 Å². The molecular weight excluding hydrogens is 300 g/mol. The number of thiophene rings is 1. The summed E-state index contributed by atoms with van der Waals surface area (Å²) in [6, 6.07) is 10.7. The lowest BCUT2D eigenvalue weighted by Gasteiger charge is -2.12. The van der Waals surface area contributed by atoms with Crippen molar-refractivity contribution in [3.8, 4) is 0 Å². The molecule has 0 aliphatic heterocycles. The van der Waals surface area contributed by atoms with Gasteiger partial charge in [0.2, 0.25) is 5.91 Å². The maximum atomic E-state index is 12.3. The monoisotopic (exact) mass is 314 g/mol. The largest absolute Gasteiger partial charge is 0.347 e. The zero-order valence-electron chi connectivity index (χ0n) is 11.9. The minimum Gasteiger partial charge on any atom is -0.347 e. The quantitative estimate of drug-likeness (QED) is 0.795. The normalized spacial score (nSPS) is 12.2. The minimum atomic E-state index is -0.315. The molecule has 0 aliphatic carbocycles. The van der Waals surface area contributed by atoms with Crippen molar-refractivity contribution in [3.05, 3.63) is 57.0 Å². The van der Waals surface area contributed by atoms with Gasteiger partial charge in [0, 0.05) is 4.88 Å². The van der Waals surface area contributed by atoms with Crippen LogP contribution in [0.4, 0.5) is 0 Å². The highest BCUT2D eigenvalue weighted by molar-refractivity contribution is 7.10. The van der Waals surface area contributed by atoms with Crippen LogP contribution in [0.1, 0.15) is 17.8 Å². The molecule has 3 aromatic rings. The van der Waals surface area contributed by atoms with Gasteiger partial charge in [-0.15, -0.1) is 16.4 Å². The number of rotatable bonds is 4. The number of carbonyl (C=O) groups excluding carboxylic acids is 1. The fourth-order valence-electron chi connectivity index (χ4n) is 2.16. The molecular formula is C15H14N4O2S. The van der Waals surface area contributed by atoms with Crippen molar-refractivity contribution in [2.45, 2.75) is 19.5 Å². The third-order valence-corrected chi connectivity index (χ3v) is 4.33. The maximum Gasteiger partial charge on any atom is 0.278 e. The second kappa shape index (κ2) is 6.07. The highest BCUT2D eigenvalue weighted by Crippen LogP contribution is 2.17. The minimum absolute atomic E-state index is 0.100. The van der Waals surface area contributed by atoms with Crippen molar-refractivity contribution in [1.82, 2.24) is 20.3 Å². The Morgan fingerprint density at radius 2 is 2.14 bits per heavy atom. The zero-order valence-corrected chi connectivity index (χ0v) is 12.7. The molecule has 0 bridgehead atoms. The molecule has 3 rings (SSSR count). The van der Waals surface area contributed by atoms with Gasteiger partial charge in [-0.2, -0.15) is 0 Å². The highest BCUT2D eigenvalue weighted by atomic mass is 32.1. The Hall–Kier alpha value is -2.54. The number of benzene rings is 1. The highest BCUT2D eigenvalue weighted by Gasteiger charge is 2.13. The van der Waals surface area contributed by atoms with Gasteiger partial charge in [-0.1, -0.05) is 23.4 Å². The van der Waals surface area contributed by atoms with E-state index in [1.165, 1.54) is 0 Å². The van der Waals surface area contributed by atoms with Gasteiger partial charge in [0.15, 0.2) is 0 Å². The molecule has 1 unspecified atom stereocenters. The molecule has 22 heavy (non-hydrogen) atoms. The number of fused-ring (bicyclic) bond motifs is 1. The number of aromatic nitrogens is 3. The molecule has 0 saturated heterocycles. The molecule has 1 atom stereocenters. The molecule has 1 amide bonds. The summed E-state index contributed by atoms with van der Waals surface area (Å²) in [5.41, 5.74) is 0.209. The Morgan fingerprint density at radius 3 is 2.91 bits per heavy atom. The average molecular weight is 314 g/mol. The summed E-state index contributed by atoms with van der Waals surface area (Å²) in [6.45, 7) is 1.75. The summed E-state index contributed by atoms with van der Waals surface area (Å²) in [7, 11) is 0. The van der Waals surface area contributed by atoms with E-state index in [1.54, 1.807) is 35.6 Å². The summed E-state index contributed by atoms with van der Waals surface area (Å²) in [4.78, 5) is 25.4. The summed E-state index contributed by atoms with van der Waals surface area (Å²) in [6.07, 6.45) is 0. The molecule has 112 valence electrons. The first kappa shape index (κ1) is 14.4. The zero-order chi connectivity index (χ0) is 15.5. The molecule has 2 aromatic heterocycles. The molecule has 7 heteroatoms. The lowest BCUT2D eigenvalue weighted by molar-refractivity contribution is -0.122. The van der Waals surface area contributed by atoms with E-state index in [4.69, 9.17) is 0 Å². The molecule has 0 spiro atoms. The predicted octanol–water partition coefficient (Wildman–Crippen LogP) is 1.73. The third kappa shape index (κ3) is 2.89. The molecule has 0 aliphatic rings. The van der Waals surface area contributed by atoms with Crippen LogP contribution in [-0.2, 0) is 11.3 Å². The van der Waals surface area contributed by atoms with Gasteiger partial charge in [0.05, 0.1) is 11.4 Å². The predicted molar refractivity (Wildman–Crippen MR) is 84.7 cm³/mol. The number of nitrogens with one attached hydrogen (secondary N) is 1. The Balaban J connectivity index is 1.77. The van der Waals surface area contributed by atoms with Crippen molar-refractivity contribution in [2.24, 2.45) is 0 Å². The number of nitrogens with zero attached hydrogens (tertiary/aromatic N) is 3. The first-order valence-corrected chi connectivity index (χ1v) is 7.68. The first-order chi connectivity index (χ1) is 10.6. The number of hydrogen-bond acceptors (Lipinski definition) is 5. The molecule has 0 radical (unpaired) electrons. The Labute approximate surface area is 130 Å². The van der Waals surface area contributed by atoms with Gasteiger partial charge >= 0.3 is 0 Å². The summed E-state index contributed by atoms with van der Waals surface area (Å²) in [5, 5.41) is 13.0. The van der Waals surface area contributed by atoms with Crippen LogP contribution >= 0.6 is 11.3 Å². The van der Waals surface area contributed by atoms with Crippen LogP contribution in [0.2, 0.25) is 0 Å². The summed E-state index contributed by atoms with van der Waals surface area (Å²) >= 11 is 1.57. The van der Waals surface area contributed by atoms with Crippen LogP contribution in [-0.4, -0.2) is 20.9 Å². The van der Waals surface area contributed by atoms with Crippen molar-refractivity contribution in [1.29, 1.82) is 0 Å². The van der Waals surface area contributed by atoms with E-state index in [0.717, 1.165) is 9.56 Å². The van der Waals surface area contributed by atoms with Crippen molar-refractivity contribution >= 4 is 28.1 Å². The standard InChI is InChI=1S/C15H14N4O2S/c1-10(13-7-4-8-22-13)16-14(20)9-19-15(21)11-5-2-3-6-12(11)17-18-19/h2-8,10H,9H2,1H3,(H,16,20). The number of amides is 1. The van der Waals surface area contributed by atoms with Gasteiger partial charge in [-0.05, 0) is 30.5 Å². The Bertz CT molecular complexity index is 857. The lowest BCUT2D eigenvalue weighted by atomic mass is 10.2. The van der Waals surface area contributed by atoms with Gasteiger partial charge in [-0.3, -0.25) is 9.59 Å². The Kier molecular flexibility index (Phi) is 3.97. The second-order valence-electron chi connectivity index (χ2n) is 4.87. The van der Waals surface area contributed by atoms with E-state index >= 15 is 0 Å². The van der Waals surface area contributed by atoms with Crippen LogP contribution < -0.4 is 10.9 Å². The summed E-state index contributed by atoms with van der Waals surface area (Å²) in [5.74, 6) is -0.271. The topological polar surface area (TPSA) is 76.9 Å². The average Bonchev–Trinajstić information content (AvgIpc) is 3.05. The smallest absolute Gasteiger partial charge is 0.278 e. The Morgan fingerprint density at radius 1 is 1.32 bits per heavy atom. The molecule has 1 N–H and O–H groups in total. The molecule has 6 nitrogen and oxygen atoms in total. The molecule has 2 heterocycles.